The molecule has 0 spiro atoms. The Morgan fingerprint density at radius 1 is 1.41 bits per heavy atom. The maximum absolute atomic E-state index is 4.44. The third kappa shape index (κ3) is 1.75. The Morgan fingerprint density at radius 3 is 2.76 bits per heavy atom. The van der Waals surface area contributed by atoms with E-state index in [0.29, 0.717) is 12.0 Å². The monoisotopic (exact) mass is 252 g/mol. The van der Waals surface area contributed by atoms with Crippen LogP contribution in [0.3, 0.4) is 0 Å². The summed E-state index contributed by atoms with van der Waals surface area (Å²) in [4.78, 5) is 2.48. The van der Waals surface area contributed by atoms with E-state index in [1.807, 2.05) is 0 Å². The third-order valence-corrected chi connectivity index (χ3v) is 5.14. The van der Waals surface area contributed by atoms with Gasteiger partial charge >= 0.3 is 0 Å². The fourth-order valence-corrected chi connectivity index (χ4v) is 4.33. The summed E-state index contributed by atoms with van der Waals surface area (Å²) in [5, 5.41) is 9.64. The van der Waals surface area contributed by atoms with Crippen molar-refractivity contribution < 1.29 is 0 Å². The maximum Gasteiger partial charge on any atom is 0.227 e. The lowest BCUT2D eigenvalue weighted by Gasteiger charge is -2.27. The lowest BCUT2D eigenvalue weighted by atomic mass is 10.2. The van der Waals surface area contributed by atoms with E-state index in [1.54, 1.807) is 0 Å². The molecule has 2 fully saturated rings. The predicted octanol–water partition coefficient (Wildman–Crippen LogP) is 2.12. The third-order valence-electron chi connectivity index (χ3n) is 3.75. The molecule has 2 aliphatic heterocycles. The zero-order valence-electron chi connectivity index (χ0n) is 10.8. The molecule has 2 saturated heterocycles. The second-order valence-electron chi connectivity index (χ2n) is 5.25. The van der Waals surface area contributed by atoms with Crippen LogP contribution >= 0.6 is 11.8 Å². The molecule has 0 aliphatic carbocycles. The summed E-state index contributed by atoms with van der Waals surface area (Å²) in [6, 6.07) is 0.694. The molecule has 0 amide bonds. The molecule has 4 nitrogen and oxygen atoms in total. The second-order valence-corrected chi connectivity index (χ2v) is 6.59. The topological polar surface area (TPSA) is 34.0 Å². The molecule has 0 saturated carbocycles. The van der Waals surface area contributed by atoms with Gasteiger partial charge in [0, 0.05) is 36.1 Å². The molecule has 2 bridgehead atoms. The van der Waals surface area contributed by atoms with Crippen LogP contribution in [0.25, 0.3) is 0 Å². The van der Waals surface area contributed by atoms with Crippen LogP contribution in [0.15, 0.2) is 0 Å². The molecule has 0 aromatic carbocycles. The highest BCUT2D eigenvalue weighted by Gasteiger charge is 2.40. The molecule has 3 heterocycles. The van der Waals surface area contributed by atoms with Crippen LogP contribution in [0.1, 0.15) is 38.9 Å². The van der Waals surface area contributed by atoms with Crippen molar-refractivity contribution in [3.8, 4) is 0 Å². The van der Waals surface area contributed by atoms with E-state index in [9.17, 15) is 0 Å². The van der Waals surface area contributed by atoms with Gasteiger partial charge in [-0.3, -0.25) is 4.57 Å². The lowest BCUT2D eigenvalue weighted by Crippen LogP contribution is -2.36. The summed E-state index contributed by atoms with van der Waals surface area (Å²) in [5.41, 5.74) is 0. The minimum absolute atomic E-state index is 0.449. The van der Waals surface area contributed by atoms with Gasteiger partial charge in [0.25, 0.3) is 0 Å². The minimum Gasteiger partial charge on any atom is -0.336 e. The van der Waals surface area contributed by atoms with E-state index < -0.39 is 0 Å². The first kappa shape index (κ1) is 11.4. The molecule has 1 aromatic rings. The summed E-state index contributed by atoms with van der Waals surface area (Å²) in [6.07, 6.45) is 1.33. The quantitative estimate of drug-likeness (QED) is 0.825. The fraction of sp³-hybridized carbons (Fsp3) is 0.833. The van der Waals surface area contributed by atoms with Gasteiger partial charge in [0.1, 0.15) is 5.82 Å². The lowest BCUT2D eigenvalue weighted by molar-refractivity contribution is 0.631. The predicted molar refractivity (Wildman–Crippen MR) is 71.8 cm³/mol. The van der Waals surface area contributed by atoms with Gasteiger partial charge < -0.3 is 4.90 Å². The molecule has 1 aromatic heterocycles. The molecule has 5 heteroatoms. The zero-order chi connectivity index (χ0) is 12.0. The van der Waals surface area contributed by atoms with Crippen LogP contribution in [0.2, 0.25) is 0 Å². The first-order chi connectivity index (χ1) is 8.20. The Labute approximate surface area is 107 Å². The van der Waals surface area contributed by atoms with Gasteiger partial charge in [-0.15, -0.1) is 10.2 Å². The van der Waals surface area contributed by atoms with Crippen LogP contribution in [-0.4, -0.2) is 38.4 Å². The number of rotatable bonds is 3. The Morgan fingerprint density at radius 2 is 2.24 bits per heavy atom. The van der Waals surface area contributed by atoms with E-state index in [1.165, 1.54) is 12.2 Å². The minimum atomic E-state index is 0.449. The summed E-state index contributed by atoms with van der Waals surface area (Å²) in [6.45, 7) is 8.68. The van der Waals surface area contributed by atoms with Gasteiger partial charge in [0.15, 0.2) is 0 Å². The molecule has 17 heavy (non-hydrogen) atoms. The van der Waals surface area contributed by atoms with Crippen LogP contribution in [0.4, 0.5) is 5.95 Å². The summed E-state index contributed by atoms with van der Waals surface area (Å²) in [7, 11) is 0. The standard InChI is InChI=1S/C12H20N4S/c1-4-15-11(8(2)3)13-14-12(15)16-6-10-5-9(16)7-17-10/h8-10H,4-7H2,1-3H3/t9-,10-/m0/s1. The van der Waals surface area contributed by atoms with Gasteiger partial charge in [0.2, 0.25) is 5.95 Å². The van der Waals surface area contributed by atoms with Gasteiger partial charge in [-0.1, -0.05) is 13.8 Å². The molecule has 2 aliphatic rings. The number of hydrogen-bond acceptors (Lipinski definition) is 4. The molecule has 0 unspecified atom stereocenters. The number of anilines is 1. The van der Waals surface area contributed by atoms with Gasteiger partial charge in [-0.05, 0) is 13.3 Å². The zero-order valence-corrected chi connectivity index (χ0v) is 11.6. The number of hydrogen-bond donors (Lipinski definition) is 0. The Bertz CT molecular complexity index is 415. The van der Waals surface area contributed by atoms with Crippen molar-refractivity contribution in [3.63, 3.8) is 0 Å². The summed E-state index contributed by atoms with van der Waals surface area (Å²) in [5.74, 6) is 3.94. The van der Waals surface area contributed by atoms with Crippen molar-refractivity contribution in [1.82, 2.24) is 14.8 Å². The number of nitrogens with zero attached hydrogens (tertiary/aromatic N) is 4. The number of fused-ring (bicyclic) bond motifs is 2. The average molecular weight is 252 g/mol. The first-order valence-corrected chi connectivity index (χ1v) is 7.57. The number of thioether (sulfide) groups is 1. The molecule has 3 rings (SSSR count). The van der Waals surface area contributed by atoms with E-state index in [2.05, 4.69) is 52.2 Å². The second kappa shape index (κ2) is 4.19. The average Bonchev–Trinajstić information content (AvgIpc) is 3.01. The van der Waals surface area contributed by atoms with Crippen LogP contribution in [-0.2, 0) is 6.54 Å². The molecular weight excluding hydrogens is 232 g/mol. The van der Waals surface area contributed by atoms with E-state index in [0.717, 1.165) is 30.1 Å². The largest absolute Gasteiger partial charge is 0.336 e. The van der Waals surface area contributed by atoms with E-state index in [4.69, 9.17) is 0 Å². The molecule has 94 valence electrons. The van der Waals surface area contributed by atoms with Crippen LogP contribution in [0, 0.1) is 0 Å². The Hall–Kier alpha value is -0.710. The van der Waals surface area contributed by atoms with Crippen molar-refractivity contribution in [2.45, 2.75) is 50.9 Å². The van der Waals surface area contributed by atoms with Gasteiger partial charge in [-0.2, -0.15) is 11.8 Å². The maximum atomic E-state index is 4.44. The number of aromatic nitrogens is 3. The molecule has 0 N–H and O–H groups in total. The van der Waals surface area contributed by atoms with Crippen molar-refractivity contribution in [3.05, 3.63) is 5.82 Å². The Balaban J connectivity index is 1.93. The highest BCUT2D eigenvalue weighted by Crippen LogP contribution is 2.39. The summed E-state index contributed by atoms with van der Waals surface area (Å²) >= 11 is 2.12. The molecular formula is C12H20N4S. The van der Waals surface area contributed by atoms with Crippen molar-refractivity contribution in [1.29, 1.82) is 0 Å². The fourth-order valence-electron chi connectivity index (χ4n) is 2.89. The van der Waals surface area contributed by atoms with Crippen molar-refractivity contribution >= 4 is 17.7 Å². The van der Waals surface area contributed by atoms with Crippen molar-refractivity contribution in [2.24, 2.45) is 0 Å². The van der Waals surface area contributed by atoms with E-state index >= 15 is 0 Å². The first-order valence-electron chi connectivity index (χ1n) is 6.52. The molecule has 0 radical (unpaired) electrons. The normalized spacial score (nSPS) is 27.4. The van der Waals surface area contributed by atoms with E-state index in [-0.39, 0.29) is 0 Å². The highest BCUT2D eigenvalue weighted by atomic mass is 32.2. The van der Waals surface area contributed by atoms with Crippen LogP contribution in [0.5, 0.6) is 0 Å². The van der Waals surface area contributed by atoms with Gasteiger partial charge in [-0.25, -0.2) is 0 Å². The highest BCUT2D eigenvalue weighted by molar-refractivity contribution is 8.00. The summed E-state index contributed by atoms with van der Waals surface area (Å²) < 4.78 is 2.29. The Kier molecular flexibility index (Phi) is 2.81. The smallest absolute Gasteiger partial charge is 0.227 e. The van der Waals surface area contributed by atoms with Crippen molar-refractivity contribution in [2.75, 3.05) is 17.2 Å². The molecule has 2 atom stereocenters. The van der Waals surface area contributed by atoms with Crippen LogP contribution < -0.4 is 4.90 Å². The SMILES string of the molecule is CCn1c(C(C)C)nnc1N1C[C@@H]2C[C@H]1CS2. The van der Waals surface area contributed by atoms with Gasteiger partial charge in [0.05, 0.1) is 0 Å².